The first-order valence-electron chi connectivity index (χ1n) is 6.19. The summed E-state index contributed by atoms with van der Waals surface area (Å²) in [4.78, 5) is 11.6. The molecule has 1 aromatic carbocycles. The Morgan fingerprint density at radius 2 is 2.11 bits per heavy atom. The maximum Gasteiger partial charge on any atom is 0.312 e. The number of rotatable bonds is 4. The number of esters is 1. The lowest BCUT2D eigenvalue weighted by molar-refractivity contribution is -0.149. The molecule has 0 aliphatic carbocycles. The Kier molecular flexibility index (Phi) is 4.33. The van der Waals surface area contributed by atoms with Crippen LogP contribution in [0.15, 0.2) is 30.3 Å². The van der Waals surface area contributed by atoms with Crippen LogP contribution < -0.4 is 5.32 Å². The molecule has 3 atom stereocenters. The Hall–Kier alpha value is -1.39. The average molecular weight is 249 g/mol. The number of benzene rings is 1. The summed E-state index contributed by atoms with van der Waals surface area (Å²) in [7, 11) is 1.42. The van der Waals surface area contributed by atoms with Crippen molar-refractivity contribution in [3.05, 3.63) is 35.9 Å². The quantitative estimate of drug-likeness (QED) is 0.818. The molecule has 1 aliphatic rings. The topological polar surface area (TPSA) is 47.6 Å². The molecule has 0 radical (unpaired) electrons. The molecule has 1 fully saturated rings. The van der Waals surface area contributed by atoms with Crippen molar-refractivity contribution in [2.24, 2.45) is 5.92 Å². The van der Waals surface area contributed by atoms with Crippen molar-refractivity contribution in [3.63, 3.8) is 0 Å². The van der Waals surface area contributed by atoms with Gasteiger partial charge < -0.3 is 14.8 Å². The highest BCUT2D eigenvalue weighted by atomic mass is 16.5. The van der Waals surface area contributed by atoms with Crippen LogP contribution in [0.5, 0.6) is 0 Å². The van der Waals surface area contributed by atoms with Crippen LogP contribution in [0.25, 0.3) is 0 Å². The van der Waals surface area contributed by atoms with Gasteiger partial charge in [-0.3, -0.25) is 4.79 Å². The smallest absolute Gasteiger partial charge is 0.312 e. The summed E-state index contributed by atoms with van der Waals surface area (Å²) in [5.41, 5.74) is 1.11. The maximum atomic E-state index is 11.6. The Morgan fingerprint density at radius 1 is 1.39 bits per heavy atom. The van der Waals surface area contributed by atoms with E-state index in [4.69, 9.17) is 9.47 Å². The first-order chi connectivity index (χ1) is 8.72. The zero-order valence-corrected chi connectivity index (χ0v) is 10.8. The van der Waals surface area contributed by atoms with Crippen LogP contribution in [0.2, 0.25) is 0 Å². The van der Waals surface area contributed by atoms with Crippen molar-refractivity contribution in [3.8, 4) is 0 Å². The lowest BCUT2D eigenvalue weighted by Crippen LogP contribution is -2.34. The molecule has 0 bridgehead atoms. The fourth-order valence-corrected chi connectivity index (χ4v) is 2.29. The Labute approximate surface area is 107 Å². The van der Waals surface area contributed by atoms with Crippen molar-refractivity contribution in [2.75, 3.05) is 13.7 Å². The molecule has 18 heavy (non-hydrogen) atoms. The van der Waals surface area contributed by atoms with E-state index in [0.29, 0.717) is 13.2 Å². The first kappa shape index (κ1) is 13.1. The van der Waals surface area contributed by atoms with Crippen LogP contribution in [-0.2, 0) is 20.9 Å². The summed E-state index contributed by atoms with van der Waals surface area (Å²) < 4.78 is 10.7. The van der Waals surface area contributed by atoms with Crippen molar-refractivity contribution < 1.29 is 14.3 Å². The number of hydrogen-bond donors (Lipinski definition) is 1. The minimum absolute atomic E-state index is 0.127. The summed E-state index contributed by atoms with van der Waals surface area (Å²) in [6, 6.07) is 10.1. The standard InChI is InChI=1S/C14H19NO3/c1-10-13(12(8-15-10)14(16)17-2)18-9-11-6-4-3-5-7-11/h3-7,10,12-13,15H,8-9H2,1-2H3/t10-,12-,13-/m1/s1. The fourth-order valence-electron chi connectivity index (χ4n) is 2.29. The number of hydrogen-bond acceptors (Lipinski definition) is 4. The van der Waals surface area contributed by atoms with Gasteiger partial charge in [-0.1, -0.05) is 30.3 Å². The second-order valence-electron chi connectivity index (χ2n) is 4.59. The van der Waals surface area contributed by atoms with E-state index in [-0.39, 0.29) is 24.0 Å². The summed E-state index contributed by atoms with van der Waals surface area (Å²) in [5, 5.41) is 3.25. The summed E-state index contributed by atoms with van der Waals surface area (Å²) >= 11 is 0. The van der Waals surface area contributed by atoms with Crippen LogP contribution in [0.4, 0.5) is 0 Å². The van der Waals surface area contributed by atoms with Gasteiger partial charge in [0.25, 0.3) is 0 Å². The van der Waals surface area contributed by atoms with Gasteiger partial charge >= 0.3 is 5.97 Å². The number of ether oxygens (including phenoxy) is 2. The lowest BCUT2D eigenvalue weighted by Gasteiger charge is -2.20. The van der Waals surface area contributed by atoms with Crippen LogP contribution in [0.3, 0.4) is 0 Å². The summed E-state index contributed by atoms with van der Waals surface area (Å²) in [6.07, 6.45) is -0.127. The zero-order chi connectivity index (χ0) is 13.0. The third-order valence-corrected chi connectivity index (χ3v) is 3.34. The fraction of sp³-hybridized carbons (Fsp3) is 0.500. The SMILES string of the molecule is COC(=O)[C@@H]1CN[C@H](C)[C@H]1OCc1ccccc1. The maximum absolute atomic E-state index is 11.6. The van der Waals surface area contributed by atoms with Gasteiger partial charge in [0.15, 0.2) is 0 Å². The van der Waals surface area contributed by atoms with Gasteiger partial charge in [-0.15, -0.1) is 0 Å². The highest BCUT2D eigenvalue weighted by Gasteiger charge is 2.39. The molecule has 1 N–H and O–H groups in total. The minimum atomic E-state index is -0.214. The molecule has 1 aromatic rings. The van der Waals surface area contributed by atoms with Crippen molar-refractivity contribution in [1.29, 1.82) is 0 Å². The van der Waals surface area contributed by atoms with E-state index in [9.17, 15) is 4.79 Å². The molecule has 4 nitrogen and oxygen atoms in total. The summed E-state index contributed by atoms with van der Waals surface area (Å²) in [6.45, 7) is 3.16. The first-order valence-corrected chi connectivity index (χ1v) is 6.19. The zero-order valence-electron chi connectivity index (χ0n) is 10.8. The molecule has 98 valence electrons. The third kappa shape index (κ3) is 2.89. The predicted molar refractivity (Wildman–Crippen MR) is 68.0 cm³/mol. The van der Waals surface area contributed by atoms with Crippen LogP contribution >= 0.6 is 0 Å². The number of carbonyl (C=O) groups excluding carboxylic acids is 1. The molecular weight excluding hydrogens is 230 g/mol. The highest BCUT2D eigenvalue weighted by molar-refractivity contribution is 5.73. The van der Waals surface area contributed by atoms with E-state index in [2.05, 4.69) is 5.32 Å². The molecule has 4 heteroatoms. The molecule has 1 saturated heterocycles. The van der Waals surface area contributed by atoms with Crippen LogP contribution in [0.1, 0.15) is 12.5 Å². The molecule has 1 heterocycles. The lowest BCUT2D eigenvalue weighted by atomic mass is 10.0. The van der Waals surface area contributed by atoms with Gasteiger partial charge in [0.1, 0.15) is 0 Å². The second-order valence-corrected chi connectivity index (χ2v) is 4.59. The van der Waals surface area contributed by atoms with Crippen molar-refractivity contribution in [2.45, 2.75) is 25.7 Å². The number of carbonyl (C=O) groups is 1. The molecule has 1 aliphatic heterocycles. The van der Waals surface area contributed by atoms with E-state index in [1.165, 1.54) is 7.11 Å². The highest BCUT2D eigenvalue weighted by Crippen LogP contribution is 2.21. The van der Waals surface area contributed by atoms with Gasteiger partial charge in [0.2, 0.25) is 0 Å². The monoisotopic (exact) mass is 249 g/mol. The molecule has 0 aromatic heterocycles. The molecule has 0 saturated carbocycles. The van der Waals surface area contributed by atoms with Crippen molar-refractivity contribution in [1.82, 2.24) is 5.32 Å². The van der Waals surface area contributed by atoms with Gasteiger partial charge in [-0.05, 0) is 12.5 Å². The number of methoxy groups -OCH3 is 1. The van der Waals surface area contributed by atoms with E-state index in [1.54, 1.807) is 0 Å². The molecule has 0 unspecified atom stereocenters. The predicted octanol–water partition coefficient (Wildman–Crippen LogP) is 1.35. The average Bonchev–Trinajstić information content (AvgIpc) is 2.78. The van der Waals surface area contributed by atoms with Crippen LogP contribution in [-0.4, -0.2) is 31.8 Å². The summed E-state index contributed by atoms with van der Waals surface area (Å²) in [5.74, 6) is -0.418. The van der Waals surface area contributed by atoms with Crippen molar-refractivity contribution >= 4 is 5.97 Å². The second kappa shape index (κ2) is 5.98. The molecule has 2 rings (SSSR count). The minimum Gasteiger partial charge on any atom is -0.469 e. The van der Waals surface area contributed by atoms with E-state index >= 15 is 0 Å². The largest absolute Gasteiger partial charge is 0.469 e. The number of nitrogens with one attached hydrogen (secondary N) is 1. The van der Waals surface area contributed by atoms with Gasteiger partial charge in [0.05, 0.1) is 25.7 Å². The van der Waals surface area contributed by atoms with Gasteiger partial charge in [-0.25, -0.2) is 0 Å². The third-order valence-electron chi connectivity index (χ3n) is 3.34. The molecule has 0 spiro atoms. The molecular formula is C14H19NO3. The molecule has 0 amide bonds. The van der Waals surface area contributed by atoms with Crippen LogP contribution in [0, 0.1) is 5.92 Å². The Morgan fingerprint density at radius 3 is 2.78 bits per heavy atom. The van der Waals surface area contributed by atoms with E-state index < -0.39 is 0 Å². The van der Waals surface area contributed by atoms with E-state index in [1.807, 2.05) is 37.3 Å². The Balaban J connectivity index is 1.96. The normalized spacial score (nSPS) is 27.1. The van der Waals surface area contributed by atoms with Gasteiger partial charge in [-0.2, -0.15) is 0 Å². The Bertz CT molecular complexity index is 393. The van der Waals surface area contributed by atoms with E-state index in [0.717, 1.165) is 5.56 Å². The van der Waals surface area contributed by atoms with Gasteiger partial charge in [0, 0.05) is 12.6 Å².